The Morgan fingerprint density at radius 2 is 2.14 bits per heavy atom. The van der Waals surface area contributed by atoms with E-state index in [0.29, 0.717) is 24.2 Å². The zero-order valence-electron chi connectivity index (χ0n) is 7.35. The standard InChI is InChI=1S/C8H10ClN3O2/c9-5-1-10-8(11-2-5)12-6-3-14-4-7(6)13/h1-2,6-7,13H,3-4H2,(H,10,11,12). The van der Waals surface area contributed by atoms with Crippen LogP contribution in [-0.4, -0.2) is 40.4 Å². The van der Waals surface area contributed by atoms with Gasteiger partial charge >= 0.3 is 0 Å². The lowest BCUT2D eigenvalue weighted by Gasteiger charge is -2.13. The molecule has 1 saturated heterocycles. The Balaban J connectivity index is 2.00. The summed E-state index contributed by atoms with van der Waals surface area (Å²) < 4.78 is 5.07. The van der Waals surface area contributed by atoms with Crippen LogP contribution in [-0.2, 0) is 4.74 Å². The van der Waals surface area contributed by atoms with E-state index in [9.17, 15) is 5.11 Å². The summed E-state index contributed by atoms with van der Waals surface area (Å²) in [5.74, 6) is 0.448. The summed E-state index contributed by atoms with van der Waals surface area (Å²) in [5, 5.41) is 12.9. The van der Waals surface area contributed by atoms with Crippen molar-refractivity contribution in [1.29, 1.82) is 0 Å². The molecule has 1 aromatic heterocycles. The number of rotatable bonds is 2. The Kier molecular flexibility index (Phi) is 2.81. The molecule has 2 heterocycles. The highest BCUT2D eigenvalue weighted by Crippen LogP contribution is 2.11. The van der Waals surface area contributed by atoms with Crippen molar-refractivity contribution in [3.8, 4) is 0 Å². The number of aliphatic hydroxyl groups excluding tert-OH is 1. The van der Waals surface area contributed by atoms with Crippen molar-refractivity contribution in [3.63, 3.8) is 0 Å². The predicted molar refractivity (Wildman–Crippen MR) is 51.3 cm³/mol. The average Bonchev–Trinajstić information content (AvgIpc) is 2.56. The van der Waals surface area contributed by atoms with Gasteiger partial charge in [-0.2, -0.15) is 0 Å². The molecule has 2 unspecified atom stereocenters. The monoisotopic (exact) mass is 215 g/mol. The number of halogens is 1. The van der Waals surface area contributed by atoms with E-state index in [1.54, 1.807) is 0 Å². The lowest BCUT2D eigenvalue weighted by atomic mass is 10.2. The Morgan fingerprint density at radius 1 is 1.43 bits per heavy atom. The minimum Gasteiger partial charge on any atom is -0.388 e. The van der Waals surface area contributed by atoms with Crippen LogP contribution in [0.15, 0.2) is 12.4 Å². The molecular weight excluding hydrogens is 206 g/mol. The van der Waals surface area contributed by atoms with Gasteiger partial charge in [0.05, 0.1) is 42.8 Å². The number of ether oxygens (including phenoxy) is 1. The van der Waals surface area contributed by atoms with Crippen LogP contribution in [0, 0.1) is 0 Å². The molecule has 6 heteroatoms. The quantitative estimate of drug-likeness (QED) is 0.743. The van der Waals surface area contributed by atoms with E-state index in [0.717, 1.165) is 0 Å². The lowest BCUT2D eigenvalue weighted by Crippen LogP contribution is -2.32. The molecule has 0 spiro atoms. The predicted octanol–water partition coefficient (Wildman–Crippen LogP) is 0.302. The Bertz CT molecular complexity index is 306. The van der Waals surface area contributed by atoms with Gasteiger partial charge in [0, 0.05) is 0 Å². The highest BCUT2D eigenvalue weighted by molar-refractivity contribution is 6.30. The van der Waals surface area contributed by atoms with Gasteiger partial charge in [-0.1, -0.05) is 11.6 Å². The normalized spacial score (nSPS) is 26.4. The number of aromatic nitrogens is 2. The number of hydrogen-bond donors (Lipinski definition) is 2. The van der Waals surface area contributed by atoms with Crippen LogP contribution < -0.4 is 5.32 Å². The maximum Gasteiger partial charge on any atom is 0.223 e. The second-order valence-corrected chi connectivity index (χ2v) is 3.52. The maximum atomic E-state index is 9.44. The molecule has 0 radical (unpaired) electrons. The first-order valence-corrected chi connectivity index (χ1v) is 4.63. The SMILES string of the molecule is OC1COCC1Nc1ncc(Cl)cn1. The van der Waals surface area contributed by atoms with Gasteiger partial charge in [-0.25, -0.2) is 9.97 Å². The van der Waals surface area contributed by atoms with Gasteiger partial charge in [0.2, 0.25) is 5.95 Å². The molecule has 2 atom stereocenters. The molecule has 2 N–H and O–H groups in total. The van der Waals surface area contributed by atoms with Gasteiger partial charge in [0.1, 0.15) is 0 Å². The summed E-state index contributed by atoms with van der Waals surface area (Å²) in [4.78, 5) is 7.91. The maximum absolute atomic E-state index is 9.44. The van der Waals surface area contributed by atoms with Gasteiger partial charge in [0.25, 0.3) is 0 Å². The highest BCUT2D eigenvalue weighted by atomic mass is 35.5. The molecule has 1 aliphatic rings. The average molecular weight is 216 g/mol. The van der Waals surface area contributed by atoms with Crippen LogP contribution in [0.1, 0.15) is 0 Å². The van der Waals surface area contributed by atoms with Crippen molar-refractivity contribution < 1.29 is 9.84 Å². The minimum atomic E-state index is -0.505. The largest absolute Gasteiger partial charge is 0.388 e. The summed E-state index contributed by atoms with van der Waals surface area (Å²) in [6.45, 7) is 0.818. The van der Waals surface area contributed by atoms with Crippen LogP contribution in [0.25, 0.3) is 0 Å². The topological polar surface area (TPSA) is 67.3 Å². The zero-order chi connectivity index (χ0) is 9.97. The molecule has 1 aromatic rings. The summed E-state index contributed by atoms with van der Waals surface area (Å²) in [5.41, 5.74) is 0. The van der Waals surface area contributed by atoms with Gasteiger partial charge in [-0.15, -0.1) is 0 Å². The van der Waals surface area contributed by atoms with Crippen molar-refractivity contribution in [2.45, 2.75) is 12.1 Å². The molecule has 0 aromatic carbocycles. The summed E-state index contributed by atoms with van der Waals surface area (Å²) in [6.07, 6.45) is 2.49. The third-order valence-electron chi connectivity index (χ3n) is 1.99. The van der Waals surface area contributed by atoms with Crippen LogP contribution >= 0.6 is 11.6 Å². The molecule has 1 fully saturated rings. The van der Waals surface area contributed by atoms with E-state index in [1.165, 1.54) is 12.4 Å². The van der Waals surface area contributed by atoms with Crippen LogP contribution in [0.3, 0.4) is 0 Å². The number of nitrogens with one attached hydrogen (secondary N) is 1. The fourth-order valence-electron chi connectivity index (χ4n) is 1.23. The summed E-state index contributed by atoms with van der Waals surface area (Å²) in [6, 6.07) is -0.142. The number of hydrogen-bond acceptors (Lipinski definition) is 5. The van der Waals surface area contributed by atoms with E-state index in [1.807, 2.05) is 0 Å². The summed E-state index contributed by atoms with van der Waals surface area (Å²) >= 11 is 5.63. The molecule has 0 saturated carbocycles. The van der Waals surface area contributed by atoms with Crippen LogP contribution in [0.5, 0.6) is 0 Å². The molecule has 1 aliphatic heterocycles. The van der Waals surface area contributed by atoms with E-state index in [4.69, 9.17) is 16.3 Å². The van der Waals surface area contributed by atoms with Gasteiger partial charge < -0.3 is 15.2 Å². The van der Waals surface area contributed by atoms with E-state index in [2.05, 4.69) is 15.3 Å². The lowest BCUT2D eigenvalue weighted by molar-refractivity contribution is 0.125. The first-order valence-electron chi connectivity index (χ1n) is 4.25. The molecule has 14 heavy (non-hydrogen) atoms. The van der Waals surface area contributed by atoms with Crippen molar-refractivity contribution in [2.75, 3.05) is 18.5 Å². The molecule has 5 nitrogen and oxygen atoms in total. The number of nitrogens with zero attached hydrogens (tertiary/aromatic N) is 2. The molecule has 2 rings (SSSR count). The molecule has 0 bridgehead atoms. The third kappa shape index (κ3) is 2.12. The first kappa shape index (κ1) is 9.64. The Morgan fingerprint density at radius 3 is 2.71 bits per heavy atom. The third-order valence-corrected chi connectivity index (χ3v) is 2.18. The highest BCUT2D eigenvalue weighted by Gasteiger charge is 2.26. The van der Waals surface area contributed by atoms with E-state index in [-0.39, 0.29) is 6.04 Å². The van der Waals surface area contributed by atoms with Gasteiger partial charge in [-0.3, -0.25) is 0 Å². The number of aliphatic hydroxyl groups is 1. The van der Waals surface area contributed by atoms with Crippen molar-refractivity contribution >= 4 is 17.5 Å². The fraction of sp³-hybridized carbons (Fsp3) is 0.500. The van der Waals surface area contributed by atoms with Crippen LogP contribution in [0.4, 0.5) is 5.95 Å². The smallest absolute Gasteiger partial charge is 0.223 e. The Labute approximate surface area is 86.1 Å². The molecule has 0 aliphatic carbocycles. The zero-order valence-corrected chi connectivity index (χ0v) is 8.11. The van der Waals surface area contributed by atoms with E-state index >= 15 is 0 Å². The van der Waals surface area contributed by atoms with Gasteiger partial charge in [0.15, 0.2) is 0 Å². The molecule has 76 valence electrons. The minimum absolute atomic E-state index is 0.142. The summed E-state index contributed by atoms with van der Waals surface area (Å²) in [7, 11) is 0. The fourth-order valence-corrected chi connectivity index (χ4v) is 1.33. The second-order valence-electron chi connectivity index (χ2n) is 3.08. The molecule has 0 amide bonds. The van der Waals surface area contributed by atoms with Crippen molar-refractivity contribution in [2.24, 2.45) is 0 Å². The van der Waals surface area contributed by atoms with Crippen molar-refractivity contribution in [3.05, 3.63) is 17.4 Å². The van der Waals surface area contributed by atoms with Gasteiger partial charge in [-0.05, 0) is 0 Å². The molecular formula is C8H10ClN3O2. The number of anilines is 1. The van der Waals surface area contributed by atoms with E-state index < -0.39 is 6.10 Å². The second kappa shape index (κ2) is 4.08. The van der Waals surface area contributed by atoms with Crippen LogP contribution in [0.2, 0.25) is 5.02 Å². The van der Waals surface area contributed by atoms with Crippen molar-refractivity contribution in [1.82, 2.24) is 9.97 Å². The first-order chi connectivity index (χ1) is 6.75. The Hall–Kier alpha value is -0.910.